The highest BCUT2D eigenvalue weighted by atomic mass is 35.5. The molecule has 1 N–H and O–H groups in total. The minimum Gasteiger partial charge on any atom is -0.496 e. The Hall–Kier alpha value is -0.780. The van der Waals surface area contributed by atoms with Crippen molar-refractivity contribution < 1.29 is 4.74 Å². The monoisotopic (exact) mass is 358 g/mol. The molecule has 1 atom stereocenters. The second-order valence-electron chi connectivity index (χ2n) is 5.15. The third-order valence-electron chi connectivity index (χ3n) is 3.92. The van der Waals surface area contributed by atoms with Crippen molar-refractivity contribution >= 4 is 35.3 Å². The molecule has 1 unspecified atom stereocenters. The van der Waals surface area contributed by atoms with Gasteiger partial charge in [0.05, 0.1) is 17.5 Å². The number of nitrogens with one attached hydrogen (secondary N) is 1. The van der Waals surface area contributed by atoms with Gasteiger partial charge in [-0.15, -0.1) is 23.7 Å². The third kappa shape index (κ3) is 3.76. The first-order chi connectivity index (χ1) is 10.3. The van der Waals surface area contributed by atoms with E-state index in [4.69, 9.17) is 16.3 Å². The van der Waals surface area contributed by atoms with Crippen molar-refractivity contribution in [2.45, 2.75) is 12.6 Å². The van der Waals surface area contributed by atoms with Gasteiger partial charge < -0.3 is 10.1 Å². The fourth-order valence-corrected chi connectivity index (χ4v) is 3.75. The molecule has 1 saturated heterocycles. The molecule has 0 spiro atoms. The van der Waals surface area contributed by atoms with E-state index in [9.17, 15) is 0 Å². The minimum atomic E-state index is 0. The Morgan fingerprint density at radius 2 is 2.18 bits per heavy atom. The van der Waals surface area contributed by atoms with Crippen LogP contribution in [0.2, 0.25) is 4.34 Å². The number of thiophene rings is 1. The number of hydrogen-bond acceptors (Lipinski definition) is 4. The van der Waals surface area contributed by atoms with E-state index in [1.807, 2.05) is 12.1 Å². The Morgan fingerprint density at radius 3 is 2.91 bits per heavy atom. The molecule has 120 valence electrons. The maximum atomic E-state index is 6.26. The molecule has 0 amide bonds. The van der Waals surface area contributed by atoms with E-state index in [2.05, 4.69) is 33.8 Å². The fraction of sp³-hybridized carbons (Fsp3) is 0.375. The number of hydrogen-bond donors (Lipinski definition) is 1. The first-order valence-corrected chi connectivity index (χ1v) is 8.35. The van der Waals surface area contributed by atoms with Crippen LogP contribution in [-0.4, -0.2) is 31.6 Å². The molecule has 3 rings (SSSR count). The van der Waals surface area contributed by atoms with Crippen molar-refractivity contribution in [1.82, 2.24) is 10.2 Å². The second kappa shape index (κ2) is 8.18. The minimum absolute atomic E-state index is 0. The van der Waals surface area contributed by atoms with E-state index in [0.29, 0.717) is 6.04 Å². The first-order valence-electron chi connectivity index (χ1n) is 7.09. The SMILES string of the molecule is COc1ccccc1C1CNCCN1Cc1ccsc1Cl.Cl. The quantitative estimate of drug-likeness (QED) is 0.894. The molecule has 0 saturated carbocycles. The lowest BCUT2D eigenvalue weighted by molar-refractivity contribution is 0.151. The molecule has 1 aliphatic heterocycles. The number of piperazine rings is 1. The van der Waals surface area contributed by atoms with Crippen molar-refractivity contribution in [1.29, 1.82) is 0 Å². The summed E-state index contributed by atoms with van der Waals surface area (Å²) in [6.45, 7) is 3.83. The van der Waals surface area contributed by atoms with Crippen LogP contribution in [0, 0.1) is 0 Å². The summed E-state index contributed by atoms with van der Waals surface area (Å²) in [4.78, 5) is 2.47. The first kappa shape index (κ1) is 17.6. The summed E-state index contributed by atoms with van der Waals surface area (Å²) < 4.78 is 6.42. The maximum Gasteiger partial charge on any atom is 0.123 e. The van der Waals surface area contributed by atoms with E-state index in [1.54, 1.807) is 18.4 Å². The van der Waals surface area contributed by atoms with Crippen LogP contribution in [0.4, 0.5) is 0 Å². The van der Waals surface area contributed by atoms with Crippen LogP contribution >= 0.6 is 35.3 Å². The van der Waals surface area contributed by atoms with Crippen molar-refractivity contribution in [3.8, 4) is 5.75 Å². The predicted molar refractivity (Wildman–Crippen MR) is 95.6 cm³/mol. The molecule has 0 bridgehead atoms. The van der Waals surface area contributed by atoms with Crippen molar-refractivity contribution in [3.63, 3.8) is 0 Å². The van der Waals surface area contributed by atoms with Crippen LogP contribution < -0.4 is 10.1 Å². The van der Waals surface area contributed by atoms with Gasteiger partial charge in [0, 0.05) is 31.7 Å². The largest absolute Gasteiger partial charge is 0.496 e. The number of benzene rings is 1. The molecule has 2 heterocycles. The summed E-state index contributed by atoms with van der Waals surface area (Å²) in [7, 11) is 1.73. The lowest BCUT2D eigenvalue weighted by Crippen LogP contribution is -2.45. The molecule has 6 heteroatoms. The van der Waals surface area contributed by atoms with Crippen molar-refractivity contribution in [2.24, 2.45) is 0 Å². The van der Waals surface area contributed by atoms with Gasteiger partial charge in [0.1, 0.15) is 5.75 Å². The highest BCUT2D eigenvalue weighted by molar-refractivity contribution is 7.14. The molecule has 1 aromatic heterocycles. The molecule has 2 aromatic rings. The number of nitrogens with zero attached hydrogens (tertiary/aromatic N) is 1. The lowest BCUT2D eigenvalue weighted by Gasteiger charge is -2.37. The van der Waals surface area contributed by atoms with E-state index < -0.39 is 0 Å². The molecule has 0 aliphatic carbocycles. The van der Waals surface area contributed by atoms with Gasteiger partial charge >= 0.3 is 0 Å². The average Bonchev–Trinajstić information content (AvgIpc) is 2.93. The Labute approximate surface area is 146 Å². The van der Waals surface area contributed by atoms with Crippen LogP contribution in [0.5, 0.6) is 5.75 Å². The van der Waals surface area contributed by atoms with Gasteiger partial charge in [0.15, 0.2) is 0 Å². The zero-order valence-electron chi connectivity index (χ0n) is 12.4. The highest BCUT2D eigenvalue weighted by Crippen LogP contribution is 2.33. The molecule has 22 heavy (non-hydrogen) atoms. The normalized spacial score (nSPS) is 18.7. The Morgan fingerprint density at radius 1 is 1.36 bits per heavy atom. The third-order valence-corrected chi connectivity index (χ3v) is 5.17. The smallest absolute Gasteiger partial charge is 0.123 e. The second-order valence-corrected chi connectivity index (χ2v) is 6.67. The van der Waals surface area contributed by atoms with E-state index in [0.717, 1.165) is 36.3 Å². The number of para-hydroxylation sites is 1. The summed E-state index contributed by atoms with van der Waals surface area (Å²) in [6.07, 6.45) is 0. The van der Waals surface area contributed by atoms with E-state index >= 15 is 0 Å². The van der Waals surface area contributed by atoms with Gasteiger partial charge in [-0.25, -0.2) is 0 Å². The van der Waals surface area contributed by atoms with Crippen molar-refractivity contribution in [3.05, 3.63) is 51.2 Å². The van der Waals surface area contributed by atoms with Gasteiger partial charge in [-0.05, 0) is 23.1 Å². The Bertz CT molecular complexity index is 605. The number of ether oxygens (including phenoxy) is 1. The van der Waals surface area contributed by atoms with Gasteiger partial charge in [0.2, 0.25) is 0 Å². The summed E-state index contributed by atoms with van der Waals surface area (Å²) in [5.74, 6) is 0.951. The standard InChI is InChI=1S/C16H19ClN2OS.ClH/c1-20-15-5-3-2-4-13(15)14-10-18-7-8-19(14)11-12-6-9-21-16(12)17;/h2-6,9,14,18H,7-8,10-11H2,1H3;1H. The summed E-state index contributed by atoms with van der Waals surface area (Å²) in [6, 6.07) is 10.7. The van der Waals surface area contributed by atoms with Crippen molar-refractivity contribution in [2.75, 3.05) is 26.7 Å². The molecular weight excluding hydrogens is 339 g/mol. The number of methoxy groups -OCH3 is 1. The number of halogens is 2. The predicted octanol–water partition coefficient (Wildman–Crippen LogP) is 3.98. The Balaban J connectivity index is 0.00000176. The molecular formula is C16H20Cl2N2OS. The maximum absolute atomic E-state index is 6.26. The molecule has 1 aromatic carbocycles. The molecule has 3 nitrogen and oxygen atoms in total. The van der Waals surface area contributed by atoms with Gasteiger partial charge in [0.25, 0.3) is 0 Å². The lowest BCUT2D eigenvalue weighted by atomic mass is 10.0. The van der Waals surface area contributed by atoms with Gasteiger partial charge in [-0.1, -0.05) is 29.8 Å². The summed E-state index contributed by atoms with van der Waals surface area (Å²) in [5, 5.41) is 5.53. The van der Waals surface area contributed by atoms with E-state index in [-0.39, 0.29) is 12.4 Å². The molecule has 1 fully saturated rings. The fourth-order valence-electron chi connectivity index (χ4n) is 2.83. The van der Waals surface area contributed by atoms with Crippen LogP contribution in [0.25, 0.3) is 0 Å². The van der Waals surface area contributed by atoms with Crippen LogP contribution in [-0.2, 0) is 6.54 Å². The highest BCUT2D eigenvalue weighted by Gasteiger charge is 2.26. The summed E-state index contributed by atoms with van der Waals surface area (Å²) >= 11 is 7.86. The van der Waals surface area contributed by atoms with E-state index in [1.165, 1.54) is 11.1 Å². The number of rotatable bonds is 4. The topological polar surface area (TPSA) is 24.5 Å². The molecule has 1 aliphatic rings. The van der Waals surface area contributed by atoms with Gasteiger partial charge in [-0.3, -0.25) is 4.90 Å². The average molecular weight is 359 g/mol. The summed E-state index contributed by atoms with van der Waals surface area (Å²) in [5.41, 5.74) is 2.45. The Kier molecular flexibility index (Phi) is 6.53. The molecule has 0 radical (unpaired) electrons. The van der Waals surface area contributed by atoms with Crippen LogP contribution in [0.3, 0.4) is 0 Å². The van der Waals surface area contributed by atoms with Gasteiger partial charge in [-0.2, -0.15) is 0 Å². The zero-order valence-corrected chi connectivity index (χ0v) is 14.8. The van der Waals surface area contributed by atoms with Crippen LogP contribution in [0.15, 0.2) is 35.7 Å². The van der Waals surface area contributed by atoms with Crippen LogP contribution in [0.1, 0.15) is 17.2 Å². The zero-order chi connectivity index (χ0) is 14.7.